The number of nitrogens with one attached hydrogen (secondary N) is 2. The van der Waals surface area contributed by atoms with Crippen LogP contribution in [0.15, 0.2) is 41.1 Å². The van der Waals surface area contributed by atoms with Crippen molar-refractivity contribution in [2.75, 3.05) is 61.3 Å². The molecule has 3 aromatic rings. The fourth-order valence-electron chi connectivity index (χ4n) is 4.66. The van der Waals surface area contributed by atoms with Crippen LogP contribution in [-0.4, -0.2) is 82.5 Å². The van der Waals surface area contributed by atoms with Crippen LogP contribution >= 0.6 is 11.6 Å². The van der Waals surface area contributed by atoms with Gasteiger partial charge in [0.15, 0.2) is 5.82 Å². The molecule has 0 aliphatic carbocycles. The number of halogens is 2. The largest absolute Gasteiger partial charge is 0.432 e. The van der Waals surface area contributed by atoms with Crippen molar-refractivity contribution in [2.45, 2.75) is 25.8 Å². The van der Waals surface area contributed by atoms with Crippen molar-refractivity contribution < 1.29 is 13.6 Å². The SMILES string of the molecule is CCN1CCN(c2cc(Nc3ncco3)nc(NC3CCN(C(=O)c4cccc(Cl)c4F)CC3)n2)CC1. The van der Waals surface area contributed by atoms with Gasteiger partial charge in [-0.25, -0.2) is 9.37 Å². The van der Waals surface area contributed by atoms with E-state index in [1.54, 1.807) is 17.2 Å². The molecule has 196 valence electrons. The molecular weight excluding hydrogens is 499 g/mol. The summed E-state index contributed by atoms with van der Waals surface area (Å²) in [5.74, 6) is 0.879. The number of benzene rings is 1. The monoisotopic (exact) mass is 528 g/mol. The van der Waals surface area contributed by atoms with Crippen LogP contribution in [0.25, 0.3) is 0 Å². The maximum Gasteiger partial charge on any atom is 0.300 e. The average Bonchev–Trinajstić information content (AvgIpc) is 3.43. The highest BCUT2D eigenvalue weighted by Crippen LogP contribution is 2.25. The molecule has 10 nitrogen and oxygen atoms in total. The second-order valence-electron chi connectivity index (χ2n) is 9.13. The summed E-state index contributed by atoms with van der Waals surface area (Å²) >= 11 is 5.86. The van der Waals surface area contributed by atoms with Crippen molar-refractivity contribution in [2.24, 2.45) is 0 Å². The first-order valence-corrected chi connectivity index (χ1v) is 12.9. The van der Waals surface area contributed by atoms with Gasteiger partial charge in [-0.15, -0.1) is 0 Å². The van der Waals surface area contributed by atoms with Crippen LogP contribution in [0, 0.1) is 5.82 Å². The van der Waals surface area contributed by atoms with Crippen LogP contribution in [0.2, 0.25) is 5.02 Å². The zero-order chi connectivity index (χ0) is 25.8. The Morgan fingerprint density at radius 2 is 1.95 bits per heavy atom. The number of likely N-dealkylation sites (N-methyl/N-ethyl adjacent to an activating group) is 1. The predicted octanol–water partition coefficient (Wildman–Crippen LogP) is 3.86. The number of aromatic nitrogens is 3. The number of piperazine rings is 1. The maximum atomic E-state index is 14.3. The van der Waals surface area contributed by atoms with Gasteiger partial charge in [-0.1, -0.05) is 24.6 Å². The van der Waals surface area contributed by atoms with Crippen LogP contribution in [0.4, 0.5) is 28.0 Å². The molecule has 2 N–H and O–H groups in total. The fourth-order valence-corrected chi connectivity index (χ4v) is 4.84. The normalized spacial score (nSPS) is 17.2. The van der Waals surface area contributed by atoms with Gasteiger partial charge in [0.1, 0.15) is 17.9 Å². The smallest absolute Gasteiger partial charge is 0.300 e. The molecule has 1 aromatic carbocycles. The van der Waals surface area contributed by atoms with E-state index in [1.807, 2.05) is 6.07 Å². The van der Waals surface area contributed by atoms with Crippen LogP contribution in [-0.2, 0) is 0 Å². The Morgan fingerprint density at radius 3 is 2.65 bits per heavy atom. The molecule has 0 spiro atoms. The zero-order valence-corrected chi connectivity index (χ0v) is 21.4. The van der Waals surface area contributed by atoms with Gasteiger partial charge in [0.2, 0.25) is 5.95 Å². The van der Waals surface area contributed by atoms with Gasteiger partial charge < -0.3 is 24.4 Å². The van der Waals surface area contributed by atoms with Gasteiger partial charge in [0.25, 0.3) is 11.9 Å². The van der Waals surface area contributed by atoms with Crippen molar-refractivity contribution >= 4 is 41.1 Å². The van der Waals surface area contributed by atoms with Crippen molar-refractivity contribution in [1.29, 1.82) is 0 Å². The molecule has 4 heterocycles. The standard InChI is InChI=1S/C25H30ClFN8O2/c1-2-33-11-13-34(14-12-33)21-16-20(31-25-28-8-15-37-25)30-24(32-21)29-17-6-9-35(10-7-17)23(36)18-4-3-5-19(26)22(18)27/h3-5,8,15-17H,2,6-7,9-14H2,1H3,(H2,28,29,30,31,32). The molecule has 1 amide bonds. The van der Waals surface area contributed by atoms with Crippen LogP contribution in [0.3, 0.4) is 0 Å². The number of carbonyl (C=O) groups excluding carboxylic acids is 1. The number of hydrogen-bond donors (Lipinski definition) is 2. The molecule has 2 fully saturated rings. The number of hydrogen-bond acceptors (Lipinski definition) is 9. The van der Waals surface area contributed by atoms with E-state index in [4.69, 9.17) is 21.0 Å². The number of carbonyl (C=O) groups is 1. The number of rotatable bonds is 7. The third-order valence-corrected chi connectivity index (χ3v) is 7.11. The van der Waals surface area contributed by atoms with E-state index in [-0.39, 0.29) is 22.5 Å². The van der Waals surface area contributed by atoms with Gasteiger partial charge in [0.05, 0.1) is 16.8 Å². The first kappa shape index (κ1) is 25.2. The van der Waals surface area contributed by atoms with E-state index < -0.39 is 5.82 Å². The number of amides is 1. The van der Waals surface area contributed by atoms with Crippen molar-refractivity contribution in [3.8, 4) is 0 Å². The van der Waals surface area contributed by atoms with E-state index in [2.05, 4.69) is 37.3 Å². The molecule has 2 saturated heterocycles. The highest BCUT2D eigenvalue weighted by Gasteiger charge is 2.27. The van der Waals surface area contributed by atoms with E-state index in [0.717, 1.165) is 38.5 Å². The van der Waals surface area contributed by atoms with Gasteiger partial charge >= 0.3 is 0 Å². The molecule has 2 aliphatic heterocycles. The van der Waals surface area contributed by atoms with E-state index in [0.29, 0.717) is 43.7 Å². The maximum absolute atomic E-state index is 14.3. The van der Waals surface area contributed by atoms with E-state index in [9.17, 15) is 9.18 Å². The lowest BCUT2D eigenvalue weighted by atomic mass is 10.0. The Balaban J connectivity index is 1.27. The lowest BCUT2D eigenvalue weighted by Gasteiger charge is -2.35. The Labute approximate surface area is 219 Å². The summed E-state index contributed by atoms with van der Waals surface area (Å²) in [6.07, 6.45) is 4.42. The minimum Gasteiger partial charge on any atom is -0.432 e. The first-order valence-electron chi connectivity index (χ1n) is 12.5. The summed E-state index contributed by atoms with van der Waals surface area (Å²) in [5, 5.41) is 6.49. The second kappa shape index (κ2) is 11.3. The molecular formula is C25H30ClFN8O2. The number of nitrogens with zero attached hydrogens (tertiary/aromatic N) is 6. The Morgan fingerprint density at radius 1 is 1.16 bits per heavy atom. The lowest BCUT2D eigenvalue weighted by Crippen LogP contribution is -2.46. The fraction of sp³-hybridized carbons (Fsp3) is 0.440. The number of anilines is 4. The Kier molecular flexibility index (Phi) is 7.71. The van der Waals surface area contributed by atoms with Gasteiger partial charge in [-0.3, -0.25) is 10.1 Å². The second-order valence-corrected chi connectivity index (χ2v) is 9.54. The highest BCUT2D eigenvalue weighted by molar-refractivity contribution is 6.31. The molecule has 0 radical (unpaired) electrons. The Bertz CT molecular complexity index is 1210. The molecule has 12 heteroatoms. The molecule has 2 aliphatic rings. The third kappa shape index (κ3) is 5.94. The molecule has 37 heavy (non-hydrogen) atoms. The molecule has 0 saturated carbocycles. The minimum atomic E-state index is -0.675. The molecule has 0 bridgehead atoms. The van der Waals surface area contributed by atoms with Gasteiger partial charge in [-0.2, -0.15) is 9.97 Å². The van der Waals surface area contributed by atoms with Crippen molar-refractivity contribution in [3.63, 3.8) is 0 Å². The van der Waals surface area contributed by atoms with Crippen LogP contribution < -0.4 is 15.5 Å². The molecule has 2 aromatic heterocycles. The Hall–Kier alpha value is -3.44. The lowest BCUT2D eigenvalue weighted by molar-refractivity contribution is 0.0713. The highest BCUT2D eigenvalue weighted by atomic mass is 35.5. The minimum absolute atomic E-state index is 0.000339. The summed E-state index contributed by atoms with van der Waals surface area (Å²) in [6.45, 7) is 7.90. The predicted molar refractivity (Wildman–Crippen MR) is 140 cm³/mol. The van der Waals surface area contributed by atoms with Gasteiger partial charge in [-0.05, 0) is 31.5 Å². The first-order chi connectivity index (χ1) is 18.0. The average molecular weight is 529 g/mol. The van der Waals surface area contributed by atoms with Crippen LogP contribution in [0.5, 0.6) is 0 Å². The summed E-state index contributed by atoms with van der Waals surface area (Å²) in [5.41, 5.74) is 0.000339. The zero-order valence-electron chi connectivity index (χ0n) is 20.7. The summed E-state index contributed by atoms with van der Waals surface area (Å²) in [6, 6.07) is 6.81. The molecule has 5 rings (SSSR count). The van der Waals surface area contributed by atoms with Gasteiger partial charge in [0, 0.05) is 51.4 Å². The van der Waals surface area contributed by atoms with E-state index in [1.165, 1.54) is 18.4 Å². The van der Waals surface area contributed by atoms with Crippen molar-refractivity contribution in [1.82, 2.24) is 24.8 Å². The molecule has 0 unspecified atom stereocenters. The molecule has 0 atom stereocenters. The summed E-state index contributed by atoms with van der Waals surface area (Å²) in [7, 11) is 0. The number of likely N-dealkylation sites (tertiary alicyclic amines) is 1. The quantitative estimate of drug-likeness (QED) is 0.473. The van der Waals surface area contributed by atoms with E-state index >= 15 is 0 Å². The van der Waals surface area contributed by atoms with Crippen molar-refractivity contribution in [3.05, 3.63) is 53.1 Å². The van der Waals surface area contributed by atoms with Crippen LogP contribution in [0.1, 0.15) is 30.1 Å². The number of piperidine rings is 1. The summed E-state index contributed by atoms with van der Waals surface area (Å²) in [4.78, 5) is 32.7. The summed E-state index contributed by atoms with van der Waals surface area (Å²) < 4.78 is 19.7. The number of oxazole rings is 1. The topological polar surface area (TPSA) is 103 Å². The third-order valence-electron chi connectivity index (χ3n) is 6.82.